The Morgan fingerprint density at radius 1 is 1.47 bits per heavy atom. The molecule has 1 saturated heterocycles. The molecule has 1 unspecified atom stereocenters. The molecule has 1 aliphatic heterocycles. The lowest BCUT2D eigenvalue weighted by molar-refractivity contribution is -0.133. The number of aliphatic hydroxyl groups excluding tert-OH is 1. The van der Waals surface area contributed by atoms with Gasteiger partial charge < -0.3 is 15.7 Å². The molecule has 0 radical (unpaired) electrons. The van der Waals surface area contributed by atoms with E-state index < -0.39 is 0 Å². The Labute approximate surface area is 104 Å². The zero-order valence-corrected chi connectivity index (χ0v) is 11.1. The van der Waals surface area contributed by atoms with Gasteiger partial charge >= 0.3 is 0 Å². The molecule has 0 aromatic carbocycles. The lowest BCUT2D eigenvalue weighted by Gasteiger charge is -2.27. The average molecular weight is 242 g/mol. The van der Waals surface area contributed by atoms with Crippen LogP contribution in [0.1, 0.15) is 46.0 Å². The highest BCUT2D eigenvalue weighted by molar-refractivity contribution is 5.76. The fraction of sp³-hybridized carbons (Fsp3) is 0.923. The summed E-state index contributed by atoms with van der Waals surface area (Å²) in [5.74, 6) is 0.187. The normalized spacial score (nSPS) is 20.9. The molecule has 1 heterocycles. The van der Waals surface area contributed by atoms with Gasteiger partial charge in [0.15, 0.2) is 0 Å². The number of amides is 1. The molecule has 0 spiro atoms. The third-order valence-electron chi connectivity index (χ3n) is 3.74. The van der Waals surface area contributed by atoms with Crippen LogP contribution in [0.4, 0.5) is 0 Å². The number of nitrogens with zero attached hydrogens (tertiary/aromatic N) is 1. The lowest BCUT2D eigenvalue weighted by Crippen LogP contribution is -2.38. The van der Waals surface area contributed by atoms with Crippen LogP contribution < -0.4 is 5.73 Å². The van der Waals surface area contributed by atoms with Crippen molar-refractivity contribution in [1.29, 1.82) is 0 Å². The van der Waals surface area contributed by atoms with Crippen LogP contribution in [-0.2, 0) is 4.79 Å². The number of likely N-dealkylation sites (tertiary alicyclic amines) is 1. The van der Waals surface area contributed by atoms with Crippen molar-refractivity contribution in [2.24, 2.45) is 11.1 Å². The van der Waals surface area contributed by atoms with Gasteiger partial charge in [-0.25, -0.2) is 0 Å². The monoisotopic (exact) mass is 242 g/mol. The highest BCUT2D eigenvalue weighted by atomic mass is 16.3. The van der Waals surface area contributed by atoms with Gasteiger partial charge in [0, 0.05) is 13.0 Å². The van der Waals surface area contributed by atoms with E-state index in [9.17, 15) is 9.90 Å². The van der Waals surface area contributed by atoms with Crippen LogP contribution in [0.25, 0.3) is 0 Å². The molecule has 4 nitrogen and oxygen atoms in total. The second-order valence-corrected chi connectivity index (χ2v) is 5.77. The Morgan fingerprint density at radius 3 is 2.76 bits per heavy atom. The second-order valence-electron chi connectivity index (χ2n) is 5.77. The Balaban J connectivity index is 2.39. The maximum absolute atomic E-state index is 12.0. The zero-order chi connectivity index (χ0) is 12.9. The topological polar surface area (TPSA) is 66.6 Å². The van der Waals surface area contributed by atoms with Crippen LogP contribution in [0.15, 0.2) is 0 Å². The first-order valence-electron chi connectivity index (χ1n) is 6.60. The minimum Gasteiger partial charge on any atom is -0.394 e. The number of carbonyl (C=O) groups is 1. The van der Waals surface area contributed by atoms with Gasteiger partial charge in [-0.15, -0.1) is 0 Å². The summed E-state index contributed by atoms with van der Waals surface area (Å²) in [7, 11) is 0. The predicted molar refractivity (Wildman–Crippen MR) is 68.5 cm³/mol. The maximum atomic E-state index is 12.0. The van der Waals surface area contributed by atoms with Gasteiger partial charge in [-0.05, 0) is 37.6 Å². The van der Waals surface area contributed by atoms with E-state index >= 15 is 0 Å². The number of hydrogen-bond donors (Lipinski definition) is 2. The quantitative estimate of drug-likeness (QED) is 0.733. The van der Waals surface area contributed by atoms with E-state index in [1.165, 1.54) is 0 Å². The molecule has 1 aliphatic rings. The van der Waals surface area contributed by atoms with Gasteiger partial charge in [-0.1, -0.05) is 13.8 Å². The molecule has 3 N–H and O–H groups in total. The zero-order valence-electron chi connectivity index (χ0n) is 11.1. The molecule has 0 aliphatic carbocycles. The van der Waals surface area contributed by atoms with E-state index in [0.29, 0.717) is 13.0 Å². The average Bonchev–Trinajstić information content (AvgIpc) is 2.74. The number of carbonyl (C=O) groups excluding carboxylic acids is 1. The fourth-order valence-corrected chi connectivity index (χ4v) is 2.46. The molecule has 100 valence electrons. The van der Waals surface area contributed by atoms with Gasteiger partial charge in [-0.2, -0.15) is 0 Å². The van der Waals surface area contributed by atoms with E-state index in [2.05, 4.69) is 13.8 Å². The Bertz CT molecular complexity index is 254. The standard InChI is InChI=1S/C13H26N2O2/c1-13(2,7-8-14)6-5-12(17)15-9-3-4-11(15)10-16/h11,16H,3-10,14H2,1-2H3. The van der Waals surface area contributed by atoms with Crippen molar-refractivity contribution in [2.75, 3.05) is 19.7 Å². The van der Waals surface area contributed by atoms with Crippen LogP contribution in [0, 0.1) is 5.41 Å². The Morgan fingerprint density at radius 2 is 2.18 bits per heavy atom. The van der Waals surface area contributed by atoms with Crippen molar-refractivity contribution in [3.63, 3.8) is 0 Å². The smallest absolute Gasteiger partial charge is 0.222 e. The van der Waals surface area contributed by atoms with Crippen LogP contribution >= 0.6 is 0 Å². The van der Waals surface area contributed by atoms with Crippen LogP contribution in [-0.4, -0.2) is 41.7 Å². The molecular weight excluding hydrogens is 216 g/mol. The van der Waals surface area contributed by atoms with Crippen molar-refractivity contribution in [3.05, 3.63) is 0 Å². The van der Waals surface area contributed by atoms with Crippen molar-refractivity contribution in [2.45, 2.75) is 52.0 Å². The highest BCUT2D eigenvalue weighted by Crippen LogP contribution is 2.27. The third-order valence-corrected chi connectivity index (χ3v) is 3.74. The molecular formula is C13H26N2O2. The first-order valence-corrected chi connectivity index (χ1v) is 6.60. The molecule has 17 heavy (non-hydrogen) atoms. The number of aliphatic hydroxyl groups is 1. The number of nitrogens with two attached hydrogens (primary N) is 1. The summed E-state index contributed by atoms with van der Waals surface area (Å²) in [5, 5.41) is 9.19. The minimum absolute atomic E-state index is 0.0557. The number of rotatable bonds is 6. The van der Waals surface area contributed by atoms with E-state index in [-0.39, 0.29) is 24.0 Å². The van der Waals surface area contributed by atoms with E-state index in [1.807, 2.05) is 4.90 Å². The van der Waals surface area contributed by atoms with Gasteiger partial charge in [0.2, 0.25) is 5.91 Å². The lowest BCUT2D eigenvalue weighted by atomic mass is 9.84. The molecule has 0 aromatic rings. The Kier molecular flexibility index (Phi) is 5.40. The molecule has 1 amide bonds. The van der Waals surface area contributed by atoms with Crippen molar-refractivity contribution < 1.29 is 9.90 Å². The molecule has 1 rings (SSSR count). The Hall–Kier alpha value is -0.610. The summed E-state index contributed by atoms with van der Waals surface area (Å²) < 4.78 is 0. The molecule has 0 bridgehead atoms. The minimum atomic E-state index is 0.0557. The summed E-state index contributed by atoms with van der Waals surface area (Å²) in [6.45, 7) is 5.88. The van der Waals surface area contributed by atoms with Crippen LogP contribution in [0.2, 0.25) is 0 Å². The van der Waals surface area contributed by atoms with Gasteiger partial charge in [-0.3, -0.25) is 4.79 Å². The highest BCUT2D eigenvalue weighted by Gasteiger charge is 2.28. The summed E-state index contributed by atoms with van der Waals surface area (Å²) in [6.07, 6.45) is 4.35. The number of hydrogen-bond acceptors (Lipinski definition) is 3. The molecule has 1 atom stereocenters. The SMILES string of the molecule is CC(C)(CCN)CCC(=O)N1CCCC1CO. The summed E-state index contributed by atoms with van der Waals surface area (Å²) in [5.41, 5.74) is 5.70. The maximum Gasteiger partial charge on any atom is 0.222 e. The van der Waals surface area contributed by atoms with E-state index in [4.69, 9.17) is 5.73 Å². The van der Waals surface area contributed by atoms with Crippen molar-refractivity contribution >= 4 is 5.91 Å². The van der Waals surface area contributed by atoms with Crippen LogP contribution in [0.5, 0.6) is 0 Å². The van der Waals surface area contributed by atoms with Gasteiger partial charge in [0.05, 0.1) is 12.6 Å². The van der Waals surface area contributed by atoms with Crippen molar-refractivity contribution in [1.82, 2.24) is 4.90 Å². The van der Waals surface area contributed by atoms with Gasteiger partial charge in [0.25, 0.3) is 0 Å². The third kappa shape index (κ3) is 4.28. The van der Waals surface area contributed by atoms with Crippen LogP contribution in [0.3, 0.4) is 0 Å². The first-order chi connectivity index (χ1) is 8.00. The predicted octanol–water partition coefficient (Wildman–Crippen LogP) is 1.12. The summed E-state index contributed by atoms with van der Waals surface area (Å²) in [6, 6.07) is 0.0557. The van der Waals surface area contributed by atoms with Gasteiger partial charge in [0.1, 0.15) is 0 Å². The largest absolute Gasteiger partial charge is 0.394 e. The summed E-state index contributed by atoms with van der Waals surface area (Å²) in [4.78, 5) is 13.9. The molecule has 4 heteroatoms. The molecule has 0 saturated carbocycles. The summed E-state index contributed by atoms with van der Waals surface area (Å²) >= 11 is 0. The van der Waals surface area contributed by atoms with Crippen molar-refractivity contribution in [3.8, 4) is 0 Å². The second kappa shape index (κ2) is 6.36. The van der Waals surface area contributed by atoms with E-state index in [1.54, 1.807) is 0 Å². The first kappa shape index (κ1) is 14.5. The molecule has 1 fully saturated rings. The fourth-order valence-electron chi connectivity index (χ4n) is 2.46. The van der Waals surface area contributed by atoms with E-state index in [0.717, 1.165) is 32.2 Å². The molecule has 0 aromatic heterocycles.